The average molecular weight is 282 g/mol. The Hall–Kier alpha value is -2.33. The monoisotopic (exact) mass is 282 g/mol. The van der Waals surface area contributed by atoms with Gasteiger partial charge in [-0.15, -0.1) is 11.3 Å². The summed E-state index contributed by atoms with van der Waals surface area (Å²) in [5, 5.41) is 2.88. The minimum atomic E-state index is -0.235. The lowest BCUT2D eigenvalue weighted by Crippen LogP contribution is -1.79. The molecule has 0 atom stereocenters. The van der Waals surface area contributed by atoms with Crippen LogP contribution in [0.2, 0.25) is 0 Å². The smallest absolute Gasteiger partial charge is 0.123 e. The van der Waals surface area contributed by atoms with Crippen molar-refractivity contribution in [2.45, 2.75) is 0 Å². The first-order valence-electron chi connectivity index (χ1n) is 6.11. The molecule has 2 aromatic heterocycles. The first kappa shape index (κ1) is 12.7. The highest BCUT2D eigenvalue weighted by Gasteiger charge is 2.02. The van der Waals surface area contributed by atoms with Gasteiger partial charge in [0, 0.05) is 23.3 Å². The molecular weight excluding hydrogens is 271 g/mol. The van der Waals surface area contributed by atoms with Gasteiger partial charge in [-0.05, 0) is 42.0 Å². The number of benzene rings is 1. The molecule has 20 heavy (non-hydrogen) atoms. The maximum absolute atomic E-state index is 12.9. The maximum atomic E-state index is 12.9. The molecule has 1 aromatic carbocycles. The predicted octanol–water partition coefficient (Wildman–Crippen LogP) is 4.51. The lowest BCUT2D eigenvalue weighted by molar-refractivity contribution is 0.628. The number of thiazole rings is 1. The second-order valence-electron chi connectivity index (χ2n) is 4.20. The van der Waals surface area contributed by atoms with Gasteiger partial charge in [-0.3, -0.25) is 4.98 Å². The van der Waals surface area contributed by atoms with Crippen LogP contribution in [-0.4, -0.2) is 9.97 Å². The van der Waals surface area contributed by atoms with Crippen LogP contribution in [0.4, 0.5) is 4.39 Å². The summed E-state index contributed by atoms with van der Waals surface area (Å²) in [4.78, 5) is 8.57. The maximum Gasteiger partial charge on any atom is 0.123 e. The Morgan fingerprint density at radius 1 is 1.05 bits per heavy atom. The quantitative estimate of drug-likeness (QED) is 0.706. The number of pyridine rings is 1. The third-order valence-corrected chi connectivity index (χ3v) is 3.57. The van der Waals surface area contributed by atoms with Crippen molar-refractivity contribution in [3.8, 4) is 11.3 Å². The number of halogens is 1. The van der Waals surface area contributed by atoms with E-state index in [9.17, 15) is 4.39 Å². The molecule has 0 spiro atoms. The van der Waals surface area contributed by atoms with E-state index in [0.717, 1.165) is 21.8 Å². The van der Waals surface area contributed by atoms with Crippen LogP contribution in [0, 0.1) is 5.82 Å². The predicted molar refractivity (Wildman–Crippen MR) is 80.7 cm³/mol. The number of rotatable bonds is 3. The Kier molecular flexibility index (Phi) is 3.65. The molecule has 0 aliphatic heterocycles. The van der Waals surface area contributed by atoms with Gasteiger partial charge in [-0.2, -0.15) is 0 Å². The number of nitrogens with zero attached hydrogens (tertiary/aromatic N) is 2. The molecule has 0 fully saturated rings. The third kappa shape index (κ3) is 2.97. The third-order valence-electron chi connectivity index (χ3n) is 2.76. The molecule has 0 aliphatic carbocycles. The van der Waals surface area contributed by atoms with Crippen LogP contribution < -0.4 is 0 Å². The largest absolute Gasteiger partial charge is 0.264 e. The Balaban J connectivity index is 1.80. The number of aromatic nitrogens is 2. The van der Waals surface area contributed by atoms with Crippen molar-refractivity contribution < 1.29 is 4.39 Å². The summed E-state index contributed by atoms with van der Waals surface area (Å²) in [5.41, 5.74) is 2.82. The highest BCUT2D eigenvalue weighted by Crippen LogP contribution is 2.23. The van der Waals surface area contributed by atoms with Gasteiger partial charge >= 0.3 is 0 Å². The van der Waals surface area contributed by atoms with Crippen LogP contribution in [0.5, 0.6) is 0 Å². The molecule has 2 nitrogen and oxygen atoms in total. The molecule has 0 N–H and O–H groups in total. The van der Waals surface area contributed by atoms with Crippen LogP contribution in [0.1, 0.15) is 10.6 Å². The summed E-state index contributed by atoms with van der Waals surface area (Å²) in [7, 11) is 0. The summed E-state index contributed by atoms with van der Waals surface area (Å²) in [6, 6.07) is 10.2. The summed E-state index contributed by atoms with van der Waals surface area (Å²) >= 11 is 1.56. The van der Waals surface area contributed by atoms with Gasteiger partial charge in [0.15, 0.2) is 0 Å². The highest BCUT2D eigenvalue weighted by atomic mass is 32.1. The second-order valence-corrected chi connectivity index (χ2v) is 5.09. The van der Waals surface area contributed by atoms with Crippen LogP contribution in [0.3, 0.4) is 0 Å². The highest BCUT2D eigenvalue weighted by molar-refractivity contribution is 7.10. The Labute approximate surface area is 120 Å². The van der Waals surface area contributed by atoms with E-state index in [4.69, 9.17) is 0 Å². The van der Waals surface area contributed by atoms with Crippen LogP contribution in [0.15, 0.2) is 54.2 Å². The zero-order valence-corrected chi connectivity index (χ0v) is 11.3. The molecule has 0 amide bonds. The normalized spacial score (nSPS) is 11.1. The zero-order chi connectivity index (χ0) is 13.8. The fraction of sp³-hybridized carbons (Fsp3) is 0. The van der Waals surface area contributed by atoms with Gasteiger partial charge in [0.05, 0.1) is 5.69 Å². The summed E-state index contributed by atoms with van der Waals surface area (Å²) in [5.74, 6) is -0.235. The number of hydrogen-bond donors (Lipinski definition) is 0. The van der Waals surface area contributed by atoms with Gasteiger partial charge in [0.2, 0.25) is 0 Å². The molecule has 0 aliphatic rings. The van der Waals surface area contributed by atoms with E-state index in [1.54, 1.807) is 35.9 Å². The van der Waals surface area contributed by atoms with Crippen LogP contribution in [0.25, 0.3) is 23.4 Å². The molecule has 4 heteroatoms. The topological polar surface area (TPSA) is 25.8 Å². The van der Waals surface area contributed by atoms with Crippen molar-refractivity contribution in [1.82, 2.24) is 9.97 Å². The summed E-state index contributed by atoms with van der Waals surface area (Å²) in [6.07, 6.45) is 7.47. The fourth-order valence-corrected chi connectivity index (χ4v) is 2.48. The first-order chi connectivity index (χ1) is 9.81. The summed E-state index contributed by atoms with van der Waals surface area (Å²) in [6.45, 7) is 0. The molecule has 0 saturated heterocycles. The molecule has 3 aromatic rings. The lowest BCUT2D eigenvalue weighted by atomic mass is 10.2. The molecular formula is C16H11FN2S. The van der Waals surface area contributed by atoms with Crippen molar-refractivity contribution in [3.05, 3.63) is 70.6 Å². The molecule has 3 rings (SSSR count). The molecule has 0 unspecified atom stereocenters. The van der Waals surface area contributed by atoms with Crippen LogP contribution in [-0.2, 0) is 0 Å². The van der Waals surface area contributed by atoms with E-state index in [-0.39, 0.29) is 5.82 Å². The molecule has 0 saturated carbocycles. The van der Waals surface area contributed by atoms with E-state index in [1.165, 1.54) is 12.1 Å². The van der Waals surface area contributed by atoms with Crippen molar-refractivity contribution in [2.75, 3.05) is 0 Å². The molecule has 98 valence electrons. The van der Waals surface area contributed by atoms with Crippen molar-refractivity contribution in [3.63, 3.8) is 0 Å². The fourth-order valence-electron chi connectivity index (χ4n) is 1.76. The SMILES string of the molecule is Fc1ccc(-c2csc(/C=C/c3cccnc3)n2)cc1. The Bertz CT molecular complexity index is 718. The Morgan fingerprint density at radius 3 is 2.65 bits per heavy atom. The minimum Gasteiger partial charge on any atom is -0.264 e. The average Bonchev–Trinajstić information content (AvgIpc) is 2.96. The van der Waals surface area contributed by atoms with E-state index in [2.05, 4.69) is 9.97 Å². The van der Waals surface area contributed by atoms with Gasteiger partial charge in [-0.1, -0.05) is 12.1 Å². The van der Waals surface area contributed by atoms with E-state index in [1.807, 2.05) is 29.7 Å². The van der Waals surface area contributed by atoms with E-state index < -0.39 is 0 Å². The van der Waals surface area contributed by atoms with Gasteiger partial charge in [-0.25, -0.2) is 9.37 Å². The molecule has 0 bridgehead atoms. The molecule has 2 heterocycles. The van der Waals surface area contributed by atoms with E-state index >= 15 is 0 Å². The Morgan fingerprint density at radius 2 is 1.90 bits per heavy atom. The van der Waals surface area contributed by atoms with Gasteiger partial charge in [0.25, 0.3) is 0 Å². The molecule has 0 radical (unpaired) electrons. The second kappa shape index (κ2) is 5.75. The van der Waals surface area contributed by atoms with Gasteiger partial charge < -0.3 is 0 Å². The summed E-state index contributed by atoms with van der Waals surface area (Å²) < 4.78 is 12.9. The minimum absolute atomic E-state index is 0.235. The van der Waals surface area contributed by atoms with Gasteiger partial charge in [0.1, 0.15) is 10.8 Å². The standard InChI is InChI=1S/C16H11FN2S/c17-14-6-4-13(5-7-14)15-11-20-16(19-15)8-3-12-2-1-9-18-10-12/h1-11H/b8-3+. The van der Waals surface area contributed by atoms with Crippen LogP contribution >= 0.6 is 11.3 Å². The van der Waals surface area contributed by atoms with Crippen molar-refractivity contribution in [2.24, 2.45) is 0 Å². The van der Waals surface area contributed by atoms with Crippen molar-refractivity contribution >= 4 is 23.5 Å². The van der Waals surface area contributed by atoms with E-state index in [0.29, 0.717) is 0 Å². The number of hydrogen-bond acceptors (Lipinski definition) is 3. The first-order valence-corrected chi connectivity index (χ1v) is 6.99. The zero-order valence-electron chi connectivity index (χ0n) is 10.5. The van der Waals surface area contributed by atoms with Crippen molar-refractivity contribution in [1.29, 1.82) is 0 Å². The lowest BCUT2D eigenvalue weighted by Gasteiger charge is -1.95.